The summed E-state index contributed by atoms with van der Waals surface area (Å²) < 4.78 is 27.0. The summed E-state index contributed by atoms with van der Waals surface area (Å²) in [6, 6.07) is 13.9. The van der Waals surface area contributed by atoms with Gasteiger partial charge >= 0.3 is 0 Å². The van der Waals surface area contributed by atoms with Crippen molar-refractivity contribution in [2.45, 2.75) is 18.2 Å². The second-order valence-corrected chi connectivity index (χ2v) is 8.52. The van der Waals surface area contributed by atoms with Crippen LogP contribution in [0.5, 0.6) is 0 Å². The number of carbonyl (C=O) groups is 1. The number of amides is 1. The van der Waals surface area contributed by atoms with Crippen molar-refractivity contribution in [3.05, 3.63) is 64.7 Å². The largest absolute Gasteiger partial charge is 0.336 e. The Morgan fingerprint density at radius 1 is 1.00 bits per heavy atom. The van der Waals surface area contributed by atoms with E-state index in [0.717, 1.165) is 12.0 Å². The lowest BCUT2D eigenvalue weighted by molar-refractivity contribution is 0.0698. The Morgan fingerprint density at radius 2 is 1.62 bits per heavy atom. The zero-order valence-corrected chi connectivity index (χ0v) is 16.1. The summed E-state index contributed by atoms with van der Waals surface area (Å²) in [5, 5.41) is 0.406. The molecule has 0 aromatic heterocycles. The minimum atomic E-state index is -3.54. The van der Waals surface area contributed by atoms with Crippen molar-refractivity contribution in [1.82, 2.24) is 9.21 Å². The summed E-state index contributed by atoms with van der Waals surface area (Å²) in [5.41, 5.74) is 1.54. The van der Waals surface area contributed by atoms with Crippen molar-refractivity contribution in [2.75, 3.05) is 26.2 Å². The standard InChI is InChI=1S/C19H21ClN2O3S/c1-2-15-7-9-16(10-8-15)26(24,25)22-13-11-21(12-14-22)19(23)17-5-3-4-6-18(17)20/h3-10H,2,11-14H2,1H3. The molecule has 1 amide bonds. The molecule has 1 fully saturated rings. The van der Waals surface area contributed by atoms with E-state index in [0.29, 0.717) is 28.6 Å². The molecule has 138 valence electrons. The molecule has 1 aliphatic rings. The molecule has 0 spiro atoms. The third-order valence-electron chi connectivity index (χ3n) is 4.60. The molecule has 2 aromatic rings. The minimum Gasteiger partial charge on any atom is -0.336 e. The lowest BCUT2D eigenvalue weighted by Crippen LogP contribution is -2.50. The Hall–Kier alpha value is -1.89. The first-order valence-electron chi connectivity index (χ1n) is 8.56. The fourth-order valence-electron chi connectivity index (χ4n) is 2.98. The summed E-state index contributed by atoms with van der Waals surface area (Å²) in [5.74, 6) is -0.167. The van der Waals surface area contributed by atoms with Crippen LogP contribution in [0.15, 0.2) is 53.4 Å². The van der Waals surface area contributed by atoms with Crippen LogP contribution >= 0.6 is 11.6 Å². The molecule has 0 unspecified atom stereocenters. The second-order valence-electron chi connectivity index (χ2n) is 6.17. The van der Waals surface area contributed by atoms with Crippen LogP contribution in [-0.4, -0.2) is 49.7 Å². The Bertz CT molecular complexity index is 889. The quantitative estimate of drug-likeness (QED) is 0.803. The predicted molar refractivity (Wildman–Crippen MR) is 102 cm³/mol. The molecule has 1 aliphatic heterocycles. The van der Waals surface area contributed by atoms with Crippen LogP contribution in [0.3, 0.4) is 0 Å². The number of benzene rings is 2. The van der Waals surface area contributed by atoms with E-state index in [2.05, 4.69) is 0 Å². The molecule has 1 heterocycles. The minimum absolute atomic E-state index is 0.167. The molecular formula is C19H21ClN2O3S. The molecule has 0 aliphatic carbocycles. The molecule has 7 heteroatoms. The molecule has 0 saturated carbocycles. The molecule has 0 bridgehead atoms. The zero-order valence-electron chi connectivity index (χ0n) is 14.6. The van der Waals surface area contributed by atoms with E-state index < -0.39 is 10.0 Å². The highest BCUT2D eigenvalue weighted by Crippen LogP contribution is 2.21. The second kappa shape index (κ2) is 7.78. The lowest BCUT2D eigenvalue weighted by Gasteiger charge is -2.34. The molecule has 5 nitrogen and oxygen atoms in total. The Balaban J connectivity index is 1.69. The summed E-state index contributed by atoms with van der Waals surface area (Å²) >= 11 is 6.09. The van der Waals surface area contributed by atoms with Crippen molar-refractivity contribution in [1.29, 1.82) is 0 Å². The highest BCUT2D eigenvalue weighted by molar-refractivity contribution is 7.89. The van der Waals surface area contributed by atoms with Gasteiger partial charge in [0.15, 0.2) is 0 Å². The van der Waals surface area contributed by atoms with Crippen molar-refractivity contribution in [3.8, 4) is 0 Å². The van der Waals surface area contributed by atoms with Crippen LogP contribution < -0.4 is 0 Å². The zero-order chi connectivity index (χ0) is 18.7. The normalized spacial score (nSPS) is 15.8. The van der Waals surface area contributed by atoms with Gasteiger partial charge < -0.3 is 4.90 Å². The number of aryl methyl sites for hydroxylation is 1. The van der Waals surface area contributed by atoms with Crippen molar-refractivity contribution >= 4 is 27.5 Å². The van der Waals surface area contributed by atoms with Gasteiger partial charge in [-0.1, -0.05) is 42.8 Å². The molecule has 2 aromatic carbocycles. The van der Waals surface area contributed by atoms with Gasteiger partial charge in [-0.3, -0.25) is 4.79 Å². The number of hydrogen-bond acceptors (Lipinski definition) is 3. The average Bonchev–Trinajstić information content (AvgIpc) is 2.68. The van der Waals surface area contributed by atoms with E-state index in [9.17, 15) is 13.2 Å². The van der Waals surface area contributed by atoms with Crippen LogP contribution in [0, 0.1) is 0 Å². The molecular weight excluding hydrogens is 372 g/mol. The number of rotatable bonds is 4. The first kappa shape index (κ1) is 18.9. The van der Waals surface area contributed by atoms with Crippen LogP contribution in [0.4, 0.5) is 0 Å². The first-order valence-corrected chi connectivity index (χ1v) is 10.4. The van der Waals surface area contributed by atoms with Gasteiger partial charge in [0, 0.05) is 26.2 Å². The maximum Gasteiger partial charge on any atom is 0.255 e. The molecule has 0 atom stereocenters. The van der Waals surface area contributed by atoms with Crippen LogP contribution in [0.2, 0.25) is 5.02 Å². The van der Waals surface area contributed by atoms with Gasteiger partial charge in [-0.05, 0) is 36.2 Å². The molecule has 1 saturated heterocycles. The van der Waals surface area contributed by atoms with E-state index >= 15 is 0 Å². The summed E-state index contributed by atoms with van der Waals surface area (Å²) in [6.45, 7) is 3.26. The highest BCUT2D eigenvalue weighted by Gasteiger charge is 2.30. The fraction of sp³-hybridized carbons (Fsp3) is 0.316. The Kier molecular flexibility index (Phi) is 5.65. The fourth-order valence-corrected chi connectivity index (χ4v) is 4.62. The van der Waals surface area contributed by atoms with Gasteiger partial charge in [0.2, 0.25) is 10.0 Å². The number of piperazine rings is 1. The smallest absolute Gasteiger partial charge is 0.255 e. The number of carbonyl (C=O) groups excluding carboxylic acids is 1. The van der Waals surface area contributed by atoms with Crippen LogP contribution in [-0.2, 0) is 16.4 Å². The van der Waals surface area contributed by atoms with Crippen molar-refractivity contribution in [3.63, 3.8) is 0 Å². The third-order valence-corrected chi connectivity index (χ3v) is 6.84. The van der Waals surface area contributed by atoms with E-state index in [1.54, 1.807) is 41.3 Å². The van der Waals surface area contributed by atoms with Crippen LogP contribution in [0.25, 0.3) is 0 Å². The van der Waals surface area contributed by atoms with E-state index in [-0.39, 0.29) is 19.0 Å². The van der Waals surface area contributed by atoms with Gasteiger partial charge in [-0.15, -0.1) is 0 Å². The van der Waals surface area contributed by atoms with Gasteiger partial charge in [0.25, 0.3) is 5.91 Å². The third kappa shape index (κ3) is 3.77. The first-order chi connectivity index (χ1) is 12.4. The highest BCUT2D eigenvalue weighted by atomic mass is 35.5. The topological polar surface area (TPSA) is 57.7 Å². The number of hydrogen-bond donors (Lipinski definition) is 0. The lowest BCUT2D eigenvalue weighted by atomic mass is 10.2. The maximum atomic E-state index is 12.8. The molecule has 3 rings (SSSR count). The van der Waals surface area contributed by atoms with Gasteiger partial charge in [-0.25, -0.2) is 8.42 Å². The van der Waals surface area contributed by atoms with Gasteiger partial charge in [-0.2, -0.15) is 4.31 Å². The Morgan fingerprint density at radius 3 is 2.19 bits per heavy atom. The molecule has 26 heavy (non-hydrogen) atoms. The summed E-state index contributed by atoms with van der Waals surface area (Å²) in [4.78, 5) is 14.5. The van der Waals surface area contributed by atoms with Crippen molar-refractivity contribution in [2.24, 2.45) is 0 Å². The predicted octanol–water partition coefficient (Wildman–Crippen LogP) is 3.05. The van der Waals surface area contributed by atoms with Crippen molar-refractivity contribution < 1.29 is 13.2 Å². The SMILES string of the molecule is CCc1ccc(S(=O)(=O)N2CCN(C(=O)c3ccccc3Cl)CC2)cc1. The number of sulfonamides is 1. The van der Waals surface area contributed by atoms with Crippen LogP contribution in [0.1, 0.15) is 22.8 Å². The summed E-state index contributed by atoms with van der Waals surface area (Å²) in [7, 11) is -3.54. The molecule has 0 radical (unpaired) electrons. The van der Waals surface area contributed by atoms with E-state index in [1.165, 1.54) is 4.31 Å². The number of nitrogens with zero attached hydrogens (tertiary/aromatic N) is 2. The summed E-state index contributed by atoms with van der Waals surface area (Å²) in [6.07, 6.45) is 0.864. The monoisotopic (exact) mass is 392 g/mol. The van der Waals surface area contributed by atoms with E-state index in [1.807, 2.05) is 19.1 Å². The van der Waals surface area contributed by atoms with Gasteiger partial charge in [0.1, 0.15) is 0 Å². The molecule has 0 N–H and O–H groups in total. The van der Waals surface area contributed by atoms with E-state index in [4.69, 9.17) is 11.6 Å². The average molecular weight is 393 g/mol. The maximum absolute atomic E-state index is 12.8. The Labute approximate surface area is 159 Å². The number of halogens is 1. The van der Waals surface area contributed by atoms with Gasteiger partial charge in [0.05, 0.1) is 15.5 Å².